The van der Waals surface area contributed by atoms with Crippen LogP contribution in [0.4, 0.5) is 5.95 Å². The second kappa shape index (κ2) is 3.54. The second-order valence-electron chi connectivity index (χ2n) is 2.32. The van der Waals surface area contributed by atoms with Crippen LogP contribution in [-0.4, -0.2) is 36.8 Å². The molecule has 2 aromatic heterocycles. The Bertz CT molecular complexity index is 426. The Labute approximate surface area is 84.2 Å². The van der Waals surface area contributed by atoms with Crippen molar-refractivity contribution >= 4 is 17.5 Å². The number of rotatable bonds is 2. The molecule has 14 heavy (non-hydrogen) atoms. The Morgan fingerprint density at radius 1 is 1.36 bits per heavy atom. The van der Waals surface area contributed by atoms with Gasteiger partial charge in [-0.2, -0.15) is 24.7 Å². The molecular weight excluding hydrogens is 206 g/mol. The summed E-state index contributed by atoms with van der Waals surface area (Å²) in [4.78, 5) is 15.5. The van der Waals surface area contributed by atoms with Gasteiger partial charge in [-0.25, -0.2) is 4.98 Å². The molecule has 0 fully saturated rings. The van der Waals surface area contributed by atoms with E-state index in [0.717, 1.165) is 0 Å². The average molecular weight is 212 g/mol. The highest BCUT2D eigenvalue weighted by atomic mass is 35.5. The monoisotopic (exact) mass is 211 g/mol. The maximum Gasteiger partial charge on any atom is 0.258 e. The van der Waals surface area contributed by atoms with Gasteiger partial charge < -0.3 is 5.32 Å². The van der Waals surface area contributed by atoms with Crippen LogP contribution < -0.4 is 5.32 Å². The predicted molar refractivity (Wildman–Crippen MR) is 49.3 cm³/mol. The van der Waals surface area contributed by atoms with Crippen molar-refractivity contribution in [3.05, 3.63) is 17.9 Å². The van der Waals surface area contributed by atoms with E-state index in [-0.39, 0.29) is 5.28 Å². The minimum atomic E-state index is 0.106. The summed E-state index contributed by atoms with van der Waals surface area (Å²) in [6.45, 7) is 0. The molecule has 0 atom stereocenters. The van der Waals surface area contributed by atoms with Crippen LogP contribution in [0.2, 0.25) is 5.28 Å². The highest BCUT2D eigenvalue weighted by Gasteiger charge is 2.05. The summed E-state index contributed by atoms with van der Waals surface area (Å²) >= 11 is 5.68. The lowest BCUT2D eigenvalue weighted by molar-refractivity contribution is 0.796. The van der Waals surface area contributed by atoms with E-state index < -0.39 is 0 Å². The molecule has 0 spiro atoms. The van der Waals surface area contributed by atoms with Crippen LogP contribution in [0, 0.1) is 0 Å². The number of aromatic nitrogens is 6. The second-order valence-corrected chi connectivity index (χ2v) is 2.66. The number of hydrogen-bond acceptors (Lipinski definition) is 6. The van der Waals surface area contributed by atoms with E-state index in [9.17, 15) is 0 Å². The first-order valence-corrected chi connectivity index (χ1v) is 4.11. The topological polar surface area (TPSA) is 81.4 Å². The number of nitrogens with one attached hydrogen (secondary N) is 1. The highest BCUT2D eigenvalue weighted by Crippen LogP contribution is 2.07. The molecule has 0 amide bonds. The molecule has 2 rings (SSSR count). The number of nitrogens with zero attached hydrogens (tertiary/aromatic N) is 6. The summed E-state index contributed by atoms with van der Waals surface area (Å²) < 4.78 is 1.40. The molecule has 72 valence electrons. The van der Waals surface area contributed by atoms with Crippen molar-refractivity contribution in [2.75, 3.05) is 12.4 Å². The maximum absolute atomic E-state index is 5.68. The number of halogens is 1. The van der Waals surface area contributed by atoms with Crippen LogP contribution in [0.25, 0.3) is 5.95 Å². The Kier molecular flexibility index (Phi) is 2.23. The van der Waals surface area contributed by atoms with Gasteiger partial charge in [0.1, 0.15) is 12.7 Å². The third-order valence-electron chi connectivity index (χ3n) is 1.44. The summed E-state index contributed by atoms with van der Waals surface area (Å²) in [5, 5.41) is 6.74. The average Bonchev–Trinajstić information content (AvgIpc) is 2.69. The molecule has 0 bridgehead atoms. The molecule has 2 heterocycles. The lowest BCUT2D eigenvalue weighted by Crippen LogP contribution is -2.06. The summed E-state index contributed by atoms with van der Waals surface area (Å²) in [6.07, 6.45) is 2.86. The van der Waals surface area contributed by atoms with Crippen LogP contribution in [0.1, 0.15) is 0 Å². The van der Waals surface area contributed by atoms with Crippen molar-refractivity contribution < 1.29 is 0 Å². The first-order valence-electron chi connectivity index (χ1n) is 3.74. The Morgan fingerprint density at radius 2 is 2.21 bits per heavy atom. The van der Waals surface area contributed by atoms with Crippen molar-refractivity contribution in [1.29, 1.82) is 0 Å². The van der Waals surface area contributed by atoms with Crippen molar-refractivity contribution in [1.82, 2.24) is 29.7 Å². The molecule has 0 unspecified atom stereocenters. The van der Waals surface area contributed by atoms with Gasteiger partial charge >= 0.3 is 0 Å². The summed E-state index contributed by atoms with van der Waals surface area (Å²) in [6, 6.07) is 0. The van der Waals surface area contributed by atoms with Gasteiger partial charge in [-0.15, -0.1) is 0 Å². The van der Waals surface area contributed by atoms with E-state index in [4.69, 9.17) is 11.6 Å². The molecular formula is C6H6ClN7. The molecule has 0 aliphatic rings. The van der Waals surface area contributed by atoms with E-state index in [1.165, 1.54) is 17.3 Å². The van der Waals surface area contributed by atoms with E-state index in [1.807, 2.05) is 0 Å². The molecule has 0 aliphatic carbocycles. The molecule has 0 radical (unpaired) electrons. The molecule has 0 saturated carbocycles. The number of anilines is 1. The Morgan fingerprint density at radius 3 is 2.86 bits per heavy atom. The predicted octanol–water partition coefficient (Wildman–Crippen LogP) is 0.147. The van der Waals surface area contributed by atoms with Gasteiger partial charge in [0.15, 0.2) is 0 Å². The third-order valence-corrected chi connectivity index (χ3v) is 1.61. The normalized spacial score (nSPS) is 10.1. The van der Waals surface area contributed by atoms with E-state index in [1.54, 1.807) is 7.05 Å². The molecule has 7 nitrogen and oxygen atoms in total. The van der Waals surface area contributed by atoms with Crippen molar-refractivity contribution in [2.45, 2.75) is 0 Å². The molecule has 0 aromatic carbocycles. The SMILES string of the molecule is CNc1nc(Cl)nc(-n2cncn2)n1. The van der Waals surface area contributed by atoms with Gasteiger partial charge in [-0.1, -0.05) is 0 Å². The summed E-state index contributed by atoms with van der Waals surface area (Å²) in [7, 11) is 1.69. The van der Waals surface area contributed by atoms with Gasteiger partial charge in [0.25, 0.3) is 5.95 Å². The molecule has 2 aromatic rings. The fraction of sp³-hybridized carbons (Fsp3) is 0.167. The lowest BCUT2D eigenvalue weighted by Gasteiger charge is -2.01. The Hall–Kier alpha value is -1.76. The van der Waals surface area contributed by atoms with E-state index in [0.29, 0.717) is 11.9 Å². The summed E-state index contributed by atoms with van der Waals surface area (Å²) in [5.74, 6) is 0.711. The van der Waals surface area contributed by atoms with Crippen LogP contribution in [0.15, 0.2) is 12.7 Å². The van der Waals surface area contributed by atoms with Crippen LogP contribution >= 0.6 is 11.6 Å². The molecule has 1 N–H and O–H groups in total. The zero-order valence-electron chi connectivity index (χ0n) is 7.22. The minimum Gasteiger partial charge on any atom is -0.357 e. The fourth-order valence-corrected chi connectivity index (χ4v) is 1.02. The van der Waals surface area contributed by atoms with Gasteiger partial charge in [-0.05, 0) is 11.6 Å². The highest BCUT2D eigenvalue weighted by molar-refractivity contribution is 6.28. The largest absolute Gasteiger partial charge is 0.357 e. The zero-order valence-corrected chi connectivity index (χ0v) is 7.97. The Balaban J connectivity index is 2.48. The smallest absolute Gasteiger partial charge is 0.258 e. The van der Waals surface area contributed by atoms with Gasteiger partial charge in [0.2, 0.25) is 11.2 Å². The first kappa shape index (κ1) is 8.82. The maximum atomic E-state index is 5.68. The lowest BCUT2D eigenvalue weighted by atomic mass is 10.8. The van der Waals surface area contributed by atoms with Crippen molar-refractivity contribution in [2.24, 2.45) is 0 Å². The standard InChI is InChI=1S/C6H6ClN7/c1-8-5-11-4(7)12-6(13-5)14-3-9-2-10-14/h2-3H,1H3,(H,8,11,12,13). The van der Waals surface area contributed by atoms with Gasteiger partial charge in [0.05, 0.1) is 0 Å². The third kappa shape index (κ3) is 1.62. The van der Waals surface area contributed by atoms with Crippen molar-refractivity contribution in [3.8, 4) is 5.95 Å². The number of hydrogen-bond donors (Lipinski definition) is 1. The minimum absolute atomic E-state index is 0.106. The van der Waals surface area contributed by atoms with Crippen LogP contribution in [0.5, 0.6) is 0 Å². The molecule has 8 heteroatoms. The van der Waals surface area contributed by atoms with Crippen LogP contribution in [0.3, 0.4) is 0 Å². The quantitative estimate of drug-likeness (QED) is 0.762. The molecule has 0 aliphatic heterocycles. The van der Waals surface area contributed by atoms with Gasteiger partial charge in [-0.3, -0.25) is 0 Å². The zero-order chi connectivity index (χ0) is 9.97. The first-order chi connectivity index (χ1) is 6.79. The summed E-state index contributed by atoms with van der Waals surface area (Å²) in [5.41, 5.74) is 0. The molecule has 0 saturated heterocycles. The van der Waals surface area contributed by atoms with E-state index in [2.05, 4.69) is 30.4 Å². The van der Waals surface area contributed by atoms with Gasteiger partial charge in [0, 0.05) is 7.05 Å². The van der Waals surface area contributed by atoms with Crippen LogP contribution in [-0.2, 0) is 0 Å². The van der Waals surface area contributed by atoms with E-state index >= 15 is 0 Å². The van der Waals surface area contributed by atoms with Crippen molar-refractivity contribution in [3.63, 3.8) is 0 Å². The fourth-order valence-electron chi connectivity index (χ4n) is 0.865.